The number of rotatable bonds is 13. The van der Waals surface area contributed by atoms with Gasteiger partial charge in [-0.25, -0.2) is 4.57 Å². The van der Waals surface area contributed by atoms with Crippen LogP contribution in [0.15, 0.2) is 24.5 Å². The van der Waals surface area contributed by atoms with Gasteiger partial charge >= 0.3 is 0 Å². The summed E-state index contributed by atoms with van der Waals surface area (Å²) in [6.45, 7) is 5.75. The highest BCUT2D eigenvalue weighted by Gasteiger charge is 2.03. The monoisotopic (exact) mass is 290 g/mol. The van der Waals surface area contributed by atoms with Crippen molar-refractivity contribution in [1.29, 1.82) is 0 Å². The molecular formula is C20H36N+. The number of aromatic nitrogens is 1. The SMILES string of the molecule is CCCCCCCCc1ccc[n+](CCCCCCC)c1. The van der Waals surface area contributed by atoms with E-state index >= 15 is 0 Å². The van der Waals surface area contributed by atoms with Crippen molar-refractivity contribution in [3.8, 4) is 0 Å². The first kappa shape index (κ1) is 18.2. The third-order valence-corrected chi connectivity index (χ3v) is 4.26. The first-order valence-electron chi connectivity index (χ1n) is 9.34. The first-order valence-corrected chi connectivity index (χ1v) is 9.34. The fourth-order valence-electron chi connectivity index (χ4n) is 2.87. The summed E-state index contributed by atoms with van der Waals surface area (Å²) in [5, 5.41) is 0. The van der Waals surface area contributed by atoms with Crippen molar-refractivity contribution in [2.45, 2.75) is 97.4 Å². The molecule has 0 aliphatic rings. The number of hydrogen-bond donors (Lipinski definition) is 0. The van der Waals surface area contributed by atoms with Crippen molar-refractivity contribution in [3.05, 3.63) is 30.1 Å². The van der Waals surface area contributed by atoms with Crippen LogP contribution in [0.1, 0.15) is 90.0 Å². The Labute approximate surface area is 132 Å². The molecule has 0 atom stereocenters. The molecule has 0 aliphatic heterocycles. The Kier molecular flexibility index (Phi) is 11.1. The van der Waals surface area contributed by atoms with E-state index in [1.807, 2.05) is 0 Å². The van der Waals surface area contributed by atoms with Gasteiger partial charge in [-0.15, -0.1) is 0 Å². The maximum Gasteiger partial charge on any atom is 0.171 e. The van der Waals surface area contributed by atoms with Gasteiger partial charge in [0.05, 0.1) is 0 Å². The quantitative estimate of drug-likeness (QED) is 0.317. The smallest absolute Gasteiger partial charge is 0.171 e. The molecule has 0 bridgehead atoms. The Morgan fingerprint density at radius 2 is 1.38 bits per heavy atom. The summed E-state index contributed by atoms with van der Waals surface area (Å²) < 4.78 is 2.39. The fourth-order valence-corrected chi connectivity index (χ4v) is 2.87. The minimum atomic E-state index is 1.19. The van der Waals surface area contributed by atoms with Crippen LogP contribution in [-0.2, 0) is 13.0 Å². The minimum absolute atomic E-state index is 1.19. The van der Waals surface area contributed by atoms with Crippen LogP contribution in [0.3, 0.4) is 0 Å². The van der Waals surface area contributed by atoms with E-state index in [1.165, 1.54) is 89.2 Å². The average molecular weight is 291 g/mol. The van der Waals surface area contributed by atoms with Crippen molar-refractivity contribution in [2.24, 2.45) is 0 Å². The molecule has 120 valence electrons. The van der Waals surface area contributed by atoms with E-state index in [-0.39, 0.29) is 0 Å². The second-order valence-corrected chi connectivity index (χ2v) is 6.38. The predicted octanol–water partition coefficient (Wildman–Crippen LogP) is 5.85. The lowest BCUT2D eigenvalue weighted by Crippen LogP contribution is -2.33. The molecule has 0 spiro atoms. The van der Waals surface area contributed by atoms with E-state index in [0.29, 0.717) is 0 Å². The van der Waals surface area contributed by atoms with Gasteiger partial charge in [-0.05, 0) is 25.3 Å². The summed E-state index contributed by atoms with van der Waals surface area (Å²) in [6, 6.07) is 4.51. The zero-order chi connectivity index (χ0) is 15.2. The normalized spacial score (nSPS) is 11.0. The lowest BCUT2D eigenvalue weighted by molar-refractivity contribution is -0.697. The molecular weight excluding hydrogens is 254 g/mol. The molecule has 1 aromatic heterocycles. The fraction of sp³-hybridized carbons (Fsp3) is 0.750. The van der Waals surface area contributed by atoms with Gasteiger partial charge in [0.1, 0.15) is 6.54 Å². The first-order chi connectivity index (χ1) is 10.4. The van der Waals surface area contributed by atoms with Crippen LogP contribution < -0.4 is 4.57 Å². The van der Waals surface area contributed by atoms with Gasteiger partial charge in [-0.3, -0.25) is 0 Å². The molecule has 1 heterocycles. The summed E-state index contributed by atoms with van der Waals surface area (Å²) in [5.74, 6) is 0. The number of aryl methyl sites for hydroxylation is 2. The largest absolute Gasteiger partial charge is 0.205 e. The highest BCUT2D eigenvalue weighted by atomic mass is 14.9. The Hall–Kier alpha value is -0.850. The highest BCUT2D eigenvalue weighted by Crippen LogP contribution is 2.09. The van der Waals surface area contributed by atoms with Crippen molar-refractivity contribution < 1.29 is 4.57 Å². The second-order valence-electron chi connectivity index (χ2n) is 6.38. The maximum absolute atomic E-state index is 2.39. The second kappa shape index (κ2) is 12.9. The average Bonchev–Trinajstić information content (AvgIpc) is 2.51. The lowest BCUT2D eigenvalue weighted by Gasteiger charge is -2.02. The molecule has 0 aliphatic carbocycles. The molecule has 0 saturated carbocycles. The zero-order valence-electron chi connectivity index (χ0n) is 14.4. The minimum Gasteiger partial charge on any atom is -0.205 e. The molecule has 0 N–H and O–H groups in total. The third-order valence-electron chi connectivity index (χ3n) is 4.26. The number of hydrogen-bond acceptors (Lipinski definition) is 0. The zero-order valence-corrected chi connectivity index (χ0v) is 14.4. The van der Waals surface area contributed by atoms with Gasteiger partial charge in [0, 0.05) is 18.1 Å². The van der Waals surface area contributed by atoms with Crippen LogP contribution >= 0.6 is 0 Å². The van der Waals surface area contributed by atoms with Crippen molar-refractivity contribution in [3.63, 3.8) is 0 Å². The van der Waals surface area contributed by atoms with E-state index in [4.69, 9.17) is 0 Å². The Morgan fingerprint density at radius 3 is 2.10 bits per heavy atom. The Morgan fingerprint density at radius 1 is 0.762 bits per heavy atom. The van der Waals surface area contributed by atoms with Crippen LogP contribution in [0.4, 0.5) is 0 Å². The van der Waals surface area contributed by atoms with Crippen molar-refractivity contribution in [1.82, 2.24) is 0 Å². The van der Waals surface area contributed by atoms with E-state index in [2.05, 4.69) is 42.9 Å². The van der Waals surface area contributed by atoms with Crippen LogP contribution in [-0.4, -0.2) is 0 Å². The topological polar surface area (TPSA) is 3.88 Å². The standard InChI is InChI=1S/C20H36N/c1-3-5-7-9-10-12-15-20-16-14-18-21(19-20)17-13-11-8-6-4-2/h14,16,18-19H,3-13,15,17H2,1-2H3/q+1. The van der Waals surface area contributed by atoms with E-state index in [1.54, 1.807) is 0 Å². The molecule has 0 fully saturated rings. The lowest BCUT2D eigenvalue weighted by atomic mass is 10.1. The molecule has 1 rings (SSSR count). The van der Waals surface area contributed by atoms with E-state index in [9.17, 15) is 0 Å². The molecule has 0 aromatic carbocycles. The molecule has 0 saturated heterocycles. The van der Waals surface area contributed by atoms with Crippen LogP contribution in [0.25, 0.3) is 0 Å². The number of pyridine rings is 1. The maximum atomic E-state index is 2.39. The van der Waals surface area contributed by atoms with Gasteiger partial charge in [-0.2, -0.15) is 0 Å². The summed E-state index contributed by atoms with van der Waals surface area (Å²) in [6.07, 6.45) is 21.0. The summed E-state index contributed by atoms with van der Waals surface area (Å²) in [5.41, 5.74) is 1.52. The summed E-state index contributed by atoms with van der Waals surface area (Å²) in [7, 11) is 0. The molecule has 0 radical (unpaired) electrons. The predicted molar refractivity (Wildman–Crippen MR) is 92.5 cm³/mol. The number of nitrogens with zero attached hydrogens (tertiary/aromatic N) is 1. The van der Waals surface area contributed by atoms with E-state index in [0.717, 1.165) is 0 Å². The Bertz CT molecular complexity index is 345. The number of unbranched alkanes of at least 4 members (excludes halogenated alkanes) is 9. The third kappa shape index (κ3) is 9.66. The van der Waals surface area contributed by atoms with Gasteiger partial charge in [-0.1, -0.05) is 65.2 Å². The molecule has 0 unspecified atom stereocenters. The van der Waals surface area contributed by atoms with Crippen LogP contribution in [0.2, 0.25) is 0 Å². The highest BCUT2D eigenvalue weighted by molar-refractivity contribution is 5.05. The molecule has 1 nitrogen and oxygen atoms in total. The summed E-state index contributed by atoms with van der Waals surface area (Å²) in [4.78, 5) is 0. The van der Waals surface area contributed by atoms with Gasteiger partial charge in [0.15, 0.2) is 12.4 Å². The summed E-state index contributed by atoms with van der Waals surface area (Å²) >= 11 is 0. The molecule has 1 aromatic rings. The molecule has 1 heteroatoms. The molecule has 21 heavy (non-hydrogen) atoms. The van der Waals surface area contributed by atoms with Crippen molar-refractivity contribution >= 4 is 0 Å². The van der Waals surface area contributed by atoms with Crippen LogP contribution in [0, 0.1) is 0 Å². The Balaban J connectivity index is 2.16. The van der Waals surface area contributed by atoms with Gasteiger partial charge < -0.3 is 0 Å². The van der Waals surface area contributed by atoms with Gasteiger partial charge in [0.25, 0.3) is 0 Å². The molecule has 0 amide bonds. The van der Waals surface area contributed by atoms with Gasteiger partial charge in [0.2, 0.25) is 0 Å². The van der Waals surface area contributed by atoms with Crippen LogP contribution in [0.5, 0.6) is 0 Å². The van der Waals surface area contributed by atoms with Crippen molar-refractivity contribution in [2.75, 3.05) is 0 Å². The van der Waals surface area contributed by atoms with E-state index < -0.39 is 0 Å².